The van der Waals surface area contributed by atoms with E-state index in [0.29, 0.717) is 0 Å². The highest BCUT2D eigenvalue weighted by molar-refractivity contribution is 8.10. The van der Waals surface area contributed by atoms with E-state index in [4.69, 9.17) is 0 Å². The lowest BCUT2D eigenvalue weighted by atomic mass is 10.4. The number of thioether (sulfide) groups is 4. The fourth-order valence-corrected chi connectivity index (χ4v) is 4.43. The fourth-order valence-electron chi connectivity index (χ4n) is 0.978. The van der Waals surface area contributed by atoms with Gasteiger partial charge in [0.2, 0.25) is 0 Å². The van der Waals surface area contributed by atoms with Crippen LogP contribution < -0.4 is 0 Å². The largest absolute Gasteiger partial charge is 0.133 e. The van der Waals surface area contributed by atoms with Crippen molar-refractivity contribution in [1.82, 2.24) is 0 Å². The summed E-state index contributed by atoms with van der Waals surface area (Å²) in [7, 11) is 0. The van der Waals surface area contributed by atoms with Gasteiger partial charge in [-0.2, -0.15) is 0 Å². The van der Waals surface area contributed by atoms with Gasteiger partial charge in [-0.3, -0.25) is 0 Å². The van der Waals surface area contributed by atoms with E-state index in [2.05, 4.69) is 38.9 Å². The summed E-state index contributed by atoms with van der Waals surface area (Å²) in [5, 5.41) is 0. The topological polar surface area (TPSA) is 0 Å². The molecule has 0 unspecified atom stereocenters. The molecule has 82 valence electrons. The molecular formula is C10H18S4. The zero-order chi connectivity index (χ0) is 11.1. The van der Waals surface area contributed by atoms with E-state index in [9.17, 15) is 0 Å². The molecule has 0 spiro atoms. The smallest absolute Gasteiger partial charge is 0.0305 e. The van der Waals surface area contributed by atoms with Crippen LogP contribution >= 0.6 is 47.0 Å². The predicted octanol–water partition coefficient (Wildman–Crippen LogP) is 4.90. The van der Waals surface area contributed by atoms with Crippen LogP contribution in [0.15, 0.2) is 19.6 Å². The molecule has 4 heteroatoms. The molecule has 0 fully saturated rings. The van der Waals surface area contributed by atoms with Crippen molar-refractivity contribution < 1.29 is 0 Å². The van der Waals surface area contributed by atoms with Gasteiger partial charge in [0.25, 0.3) is 0 Å². The third kappa shape index (κ3) is 4.17. The van der Waals surface area contributed by atoms with E-state index in [0.717, 1.165) is 0 Å². The lowest BCUT2D eigenvalue weighted by Crippen LogP contribution is -1.87. The van der Waals surface area contributed by atoms with E-state index >= 15 is 0 Å². The van der Waals surface area contributed by atoms with Crippen molar-refractivity contribution >= 4 is 47.0 Å². The van der Waals surface area contributed by atoms with Crippen LogP contribution in [0.25, 0.3) is 0 Å². The van der Waals surface area contributed by atoms with E-state index in [1.807, 2.05) is 47.0 Å². The number of allylic oxidation sites excluding steroid dienone is 2. The second-order valence-electron chi connectivity index (χ2n) is 2.59. The minimum absolute atomic E-state index is 1.41. The van der Waals surface area contributed by atoms with Gasteiger partial charge in [-0.15, -0.1) is 47.0 Å². The van der Waals surface area contributed by atoms with E-state index in [1.165, 1.54) is 19.6 Å². The predicted molar refractivity (Wildman–Crippen MR) is 79.5 cm³/mol. The Kier molecular flexibility index (Phi) is 8.59. The summed E-state index contributed by atoms with van der Waals surface area (Å²) in [5.74, 6) is 0. The van der Waals surface area contributed by atoms with Crippen molar-refractivity contribution in [3.05, 3.63) is 19.6 Å². The summed E-state index contributed by atoms with van der Waals surface area (Å²) in [5.41, 5.74) is 0. The van der Waals surface area contributed by atoms with Crippen LogP contribution in [0.5, 0.6) is 0 Å². The van der Waals surface area contributed by atoms with Gasteiger partial charge in [0, 0.05) is 9.81 Å². The van der Waals surface area contributed by atoms with Crippen molar-refractivity contribution in [2.75, 3.05) is 25.0 Å². The highest BCUT2D eigenvalue weighted by atomic mass is 32.2. The van der Waals surface area contributed by atoms with Crippen molar-refractivity contribution in [1.29, 1.82) is 0 Å². The number of hydrogen-bond acceptors (Lipinski definition) is 4. The van der Waals surface area contributed by atoms with Gasteiger partial charge in [-0.05, 0) is 48.7 Å². The second-order valence-corrected chi connectivity index (χ2v) is 6.26. The van der Waals surface area contributed by atoms with Crippen molar-refractivity contribution in [3.63, 3.8) is 0 Å². The van der Waals surface area contributed by atoms with Crippen LogP contribution in [0.4, 0.5) is 0 Å². The molecule has 0 aromatic rings. The molecule has 0 atom stereocenters. The Morgan fingerprint density at radius 3 is 1.00 bits per heavy atom. The van der Waals surface area contributed by atoms with Gasteiger partial charge in [-0.1, -0.05) is 0 Å². The third-order valence-electron chi connectivity index (χ3n) is 1.87. The monoisotopic (exact) mass is 266 g/mol. The number of rotatable bonds is 5. The summed E-state index contributed by atoms with van der Waals surface area (Å²) in [6.07, 6.45) is 8.58. The Morgan fingerprint density at radius 1 is 0.571 bits per heavy atom. The Bertz CT molecular complexity index is 215. The first-order chi connectivity index (χ1) is 6.62. The first kappa shape index (κ1) is 14.9. The highest BCUT2D eigenvalue weighted by Crippen LogP contribution is 2.39. The van der Waals surface area contributed by atoms with Crippen molar-refractivity contribution in [2.24, 2.45) is 0 Å². The summed E-state index contributed by atoms with van der Waals surface area (Å²) < 4.78 is 0. The molecule has 0 amide bonds. The molecule has 0 nitrogen and oxygen atoms in total. The highest BCUT2D eigenvalue weighted by Gasteiger charge is 2.09. The molecule has 0 saturated heterocycles. The van der Waals surface area contributed by atoms with Gasteiger partial charge < -0.3 is 0 Å². The van der Waals surface area contributed by atoms with Gasteiger partial charge >= 0.3 is 0 Å². The van der Waals surface area contributed by atoms with Crippen LogP contribution in [0.2, 0.25) is 0 Å². The summed E-state index contributed by atoms with van der Waals surface area (Å²) >= 11 is 7.35. The van der Waals surface area contributed by atoms with E-state index < -0.39 is 0 Å². The molecule has 0 aliphatic carbocycles. The zero-order valence-corrected chi connectivity index (χ0v) is 12.9. The summed E-state index contributed by atoms with van der Waals surface area (Å²) in [4.78, 5) is 5.68. The molecule has 0 N–H and O–H groups in total. The maximum absolute atomic E-state index is 2.19. The SMILES string of the molecule is CSC(C)=C(SC)C(SC)=C(C)SC. The van der Waals surface area contributed by atoms with Crippen LogP contribution in [-0.2, 0) is 0 Å². The minimum atomic E-state index is 1.41. The second kappa shape index (κ2) is 8.08. The average molecular weight is 267 g/mol. The molecule has 0 heterocycles. The average Bonchev–Trinajstić information content (AvgIpc) is 2.23. The molecule has 0 bridgehead atoms. The molecule has 0 radical (unpaired) electrons. The Morgan fingerprint density at radius 2 is 0.857 bits per heavy atom. The molecule has 0 aliphatic heterocycles. The van der Waals surface area contributed by atoms with Crippen molar-refractivity contribution in [3.8, 4) is 0 Å². The normalized spacial score (nSPS) is 15.0. The Balaban J connectivity index is 5.19. The van der Waals surface area contributed by atoms with Crippen LogP contribution in [-0.4, -0.2) is 25.0 Å². The first-order valence-electron chi connectivity index (χ1n) is 4.20. The molecule has 14 heavy (non-hydrogen) atoms. The number of hydrogen-bond donors (Lipinski definition) is 0. The Labute approximate surface area is 105 Å². The lowest BCUT2D eigenvalue weighted by Gasteiger charge is -2.13. The van der Waals surface area contributed by atoms with Crippen LogP contribution in [0.1, 0.15) is 13.8 Å². The van der Waals surface area contributed by atoms with Gasteiger partial charge in [-0.25, -0.2) is 0 Å². The third-order valence-corrected chi connectivity index (χ3v) is 5.72. The molecule has 0 aromatic carbocycles. The standard InChI is InChI=1S/C10H18S4/c1-7(11-3)9(13-5)10(14-6)8(2)12-4/h1-6H3. The van der Waals surface area contributed by atoms with E-state index in [1.54, 1.807) is 0 Å². The Hall–Kier alpha value is 0.880. The van der Waals surface area contributed by atoms with Gasteiger partial charge in [0.05, 0.1) is 0 Å². The zero-order valence-electron chi connectivity index (χ0n) is 9.63. The maximum atomic E-state index is 2.19. The molecular weight excluding hydrogens is 248 g/mol. The molecule has 0 aromatic heterocycles. The van der Waals surface area contributed by atoms with Crippen LogP contribution in [0, 0.1) is 0 Å². The summed E-state index contributed by atoms with van der Waals surface area (Å²) in [6, 6.07) is 0. The lowest BCUT2D eigenvalue weighted by molar-refractivity contribution is 1.57. The van der Waals surface area contributed by atoms with E-state index in [-0.39, 0.29) is 0 Å². The molecule has 0 rings (SSSR count). The van der Waals surface area contributed by atoms with Gasteiger partial charge in [0.1, 0.15) is 0 Å². The minimum Gasteiger partial charge on any atom is -0.133 e. The maximum Gasteiger partial charge on any atom is 0.0305 e. The molecule has 0 aliphatic rings. The van der Waals surface area contributed by atoms with Crippen LogP contribution in [0.3, 0.4) is 0 Å². The van der Waals surface area contributed by atoms with Crippen molar-refractivity contribution in [2.45, 2.75) is 13.8 Å². The fraction of sp³-hybridized carbons (Fsp3) is 0.600. The van der Waals surface area contributed by atoms with Gasteiger partial charge in [0.15, 0.2) is 0 Å². The quantitative estimate of drug-likeness (QED) is 0.649. The first-order valence-corrected chi connectivity index (χ1v) is 9.10. The molecule has 0 saturated carbocycles. The summed E-state index contributed by atoms with van der Waals surface area (Å²) in [6.45, 7) is 4.39.